The number of hydrogen-bond acceptors (Lipinski definition) is 3. The second kappa shape index (κ2) is 7.43. The van der Waals surface area contributed by atoms with Gasteiger partial charge in [0, 0.05) is 34.2 Å². The van der Waals surface area contributed by atoms with E-state index in [1.54, 1.807) is 0 Å². The van der Waals surface area contributed by atoms with Crippen LogP contribution >= 0.6 is 15.9 Å². The third-order valence-corrected chi connectivity index (χ3v) is 5.43. The van der Waals surface area contributed by atoms with Crippen molar-refractivity contribution in [3.63, 3.8) is 0 Å². The molecule has 0 bridgehead atoms. The number of likely N-dealkylation sites (N-methyl/N-ethyl adjacent to an activating group) is 1. The van der Waals surface area contributed by atoms with Crippen LogP contribution in [0.1, 0.15) is 22.9 Å². The number of rotatable bonds is 5. The molecule has 2 N–H and O–H groups in total. The van der Waals surface area contributed by atoms with E-state index in [0.29, 0.717) is 6.61 Å². The second-order valence-corrected chi connectivity index (χ2v) is 7.98. The fourth-order valence-electron chi connectivity index (χ4n) is 3.59. The van der Waals surface area contributed by atoms with Crippen LogP contribution in [-0.2, 0) is 6.42 Å². The van der Waals surface area contributed by atoms with Crippen LogP contribution in [0.25, 0.3) is 10.9 Å². The quantitative estimate of drug-likeness (QED) is 0.661. The van der Waals surface area contributed by atoms with E-state index in [4.69, 9.17) is 4.74 Å². The van der Waals surface area contributed by atoms with Crippen LogP contribution in [0.15, 0.2) is 46.9 Å². The summed E-state index contributed by atoms with van der Waals surface area (Å²) in [6.07, 6.45) is 1.05. The number of nitrogens with zero attached hydrogens (tertiary/aromatic N) is 1. The molecule has 5 heteroatoms. The van der Waals surface area contributed by atoms with Crippen LogP contribution < -0.4 is 10.1 Å². The van der Waals surface area contributed by atoms with E-state index >= 15 is 0 Å². The molecule has 0 spiro atoms. The summed E-state index contributed by atoms with van der Waals surface area (Å²) >= 11 is 3.60. The molecule has 1 aliphatic rings. The molecule has 26 heavy (non-hydrogen) atoms. The first kappa shape index (κ1) is 17.6. The summed E-state index contributed by atoms with van der Waals surface area (Å²) in [5.41, 5.74) is 5.18. The number of ether oxygens (including phenoxy) is 1. The maximum absolute atomic E-state index is 5.81. The molecule has 3 aromatic rings. The van der Waals surface area contributed by atoms with Crippen molar-refractivity contribution < 1.29 is 4.74 Å². The molecule has 1 aromatic heterocycles. The maximum atomic E-state index is 5.81. The normalized spacial score (nSPS) is 16.8. The van der Waals surface area contributed by atoms with E-state index in [1.807, 2.05) is 0 Å². The standard InChI is InChI=1S/C21H24BrN3O/c1-25(2)11-12-26-16-6-3-14(4-7-16)20-21-17(9-10-23-20)18-13-15(22)5-8-19(18)24-21/h3-8,13,20,23-24H,9-12H2,1-2H3. The minimum atomic E-state index is 0.195. The molecule has 2 heterocycles. The Hall–Kier alpha value is -1.82. The SMILES string of the molecule is CN(C)CCOc1ccc(C2NCCc3c2[nH]c2ccc(Br)cc32)cc1. The van der Waals surface area contributed by atoms with Gasteiger partial charge in [-0.1, -0.05) is 28.1 Å². The molecule has 2 aromatic carbocycles. The Kier molecular flexibility index (Phi) is 5.02. The first-order valence-electron chi connectivity index (χ1n) is 9.02. The van der Waals surface area contributed by atoms with E-state index in [-0.39, 0.29) is 6.04 Å². The van der Waals surface area contributed by atoms with Gasteiger partial charge >= 0.3 is 0 Å². The summed E-state index contributed by atoms with van der Waals surface area (Å²) < 4.78 is 6.94. The fourth-order valence-corrected chi connectivity index (χ4v) is 3.95. The molecule has 1 aliphatic heterocycles. The minimum absolute atomic E-state index is 0.195. The third-order valence-electron chi connectivity index (χ3n) is 4.93. The highest BCUT2D eigenvalue weighted by Crippen LogP contribution is 2.35. The first-order chi connectivity index (χ1) is 12.6. The van der Waals surface area contributed by atoms with Crippen LogP contribution in [0.5, 0.6) is 5.75 Å². The second-order valence-electron chi connectivity index (χ2n) is 7.07. The highest BCUT2D eigenvalue weighted by molar-refractivity contribution is 9.10. The lowest BCUT2D eigenvalue weighted by atomic mass is 9.94. The molecule has 0 amide bonds. The number of H-pyrrole nitrogens is 1. The van der Waals surface area contributed by atoms with Crippen molar-refractivity contribution in [2.75, 3.05) is 33.8 Å². The van der Waals surface area contributed by atoms with Gasteiger partial charge in [-0.05, 0) is 62.0 Å². The van der Waals surface area contributed by atoms with E-state index in [2.05, 4.69) is 87.7 Å². The Balaban J connectivity index is 1.59. The highest BCUT2D eigenvalue weighted by Gasteiger charge is 2.25. The number of halogens is 1. The summed E-state index contributed by atoms with van der Waals surface area (Å²) in [5.74, 6) is 0.923. The van der Waals surface area contributed by atoms with Gasteiger partial charge in [0.2, 0.25) is 0 Å². The van der Waals surface area contributed by atoms with Gasteiger partial charge in [0.25, 0.3) is 0 Å². The van der Waals surface area contributed by atoms with Crippen LogP contribution in [0.4, 0.5) is 0 Å². The Morgan fingerprint density at radius 3 is 2.73 bits per heavy atom. The molecule has 0 saturated heterocycles. The van der Waals surface area contributed by atoms with E-state index < -0.39 is 0 Å². The van der Waals surface area contributed by atoms with Gasteiger partial charge < -0.3 is 19.9 Å². The van der Waals surface area contributed by atoms with E-state index in [0.717, 1.165) is 29.7 Å². The Labute approximate surface area is 162 Å². The van der Waals surface area contributed by atoms with Gasteiger partial charge in [0.1, 0.15) is 12.4 Å². The molecule has 1 unspecified atom stereocenters. The van der Waals surface area contributed by atoms with Crippen molar-refractivity contribution in [1.29, 1.82) is 0 Å². The number of benzene rings is 2. The average Bonchev–Trinajstić information content (AvgIpc) is 3.00. The van der Waals surface area contributed by atoms with Gasteiger partial charge in [-0.15, -0.1) is 0 Å². The maximum Gasteiger partial charge on any atom is 0.119 e. The lowest BCUT2D eigenvalue weighted by Gasteiger charge is -2.25. The fraction of sp³-hybridized carbons (Fsp3) is 0.333. The minimum Gasteiger partial charge on any atom is -0.492 e. The molecule has 4 nitrogen and oxygen atoms in total. The zero-order valence-electron chi connectivity index (χ0n) is 15.2. The lowest BCUT2D eigenvalue weighted by Crippen LogP contribution is -2.30. The Bertz CT molecular complexity index is 902. The Morgan fingerprint density at radius 1 is 1.15 bits per heavy atom. The topological polar surface area (TPSA) is 40.3 Å². The van der Waals surface area contributed by atoms with Crippen molar-refractivity contribution in [2.24, 2.45) is 0 Å². The van der Waals surface area contributed by atoms with Crippen LogP contribution in [-0.4, -0.2) is 43.7 Å². The predicted molar refractivity (Wildman–Crippen MR) is 110 cm³/mol. The zero-order chi connectivity index (χ0) is 18.1. The van der Waals surface area contributed by atoms with Crippen LogP contribution in [0.3, 0.4) is 0 Å². The van der Waals surface area contributed by atoms with Crippen LogP contribution in [0, 0.1) is 0 Å². The number of hydrogen-bond donors (Lipinski definition) is 2. The molecule has 4 rings (SSSR count). The molecule has 0 radical (unpaired) electrons. The van der Waals surface area contributed by atoms with Gasteiger partial charge in [-0.3, -0.25) is 0 Å². The molecule has 0 aliphatic carbocycles. The number of nitrogens with one attached hydrogen (secondary N) is 2. The van der Waals surface area contributed by atoms with Gasteiger partial charge in [0.15, 0.2) is 0 Å². The zero-order valence-corrected chi connectivity index (χ0v) is 16.8. The van der Waals surface area contributed by atoms with Gasteiger partial charge in [-0.2, -0.15) is 0 Å². The molecular weight excluding hydrogens is 390 g/mol. The average molecular weight is 414 g/mol. The largest absolute Gasteiger partial charge is 0.492 e. The molecule has 0 fully saturated rings. The van der Waals surface area contributed by atoms with E-state index in [9.17, 15) is 0 Å². The smallest absolute Gasteiger partial charge is 0.119 e. The first-order valence-corrected chi connectivity index (χ1v) is 9.82. The summed E-state index contributed by atoms with van der Waals surface area (Å²) in [5, 5.41) is 4.98. The summed E-state index contributed by atoms with van der Waals surface area (Å²) in [7, 11) is 4.11. The van der Waals surface area contributed by atoms with Crippen molar-refractivity contribution in [2.45, 2.75) is 12.5 Å². The summed E-state index contributed by atoms with van der Waals surface area (Å²) in [6, 6.07) is 15.1. The van der Waals surface area contributed by atoms with Crippen molar-refractivity contribution in [3.05, 3.63) is 63.8 Å². The number of fused-ring (bicyclic) bond motifs is 3. The van der Waals surface area contributed by atoms with Crippen molar-refractivity contribution in [1.82, 2.24) is 15.2 Å². The van der Waals surface area contributed by atoms with Crippen molar-refractivity contribution >= 4 is 26.8 Å². The Morgan fingerprint density at radius 2 is 1.96 bits per heavy atom. The third kappa shape index (κ3) is 3.52. The van der Waals surface area contributed by atoms with E-state index in [1.165, 1.54) is 27.7 Å². The highest BCUT2D eigenvalue weighted by atomic mass is 79.9. The molecular formula is C21H24BrN3O. The van der Waals surface area contributed by atoms with Gasteiger partial charge in [-0.25, -0.2) is 0 Å². The number of aromatic amines is 1. The van der Waals surface area contributed by atoms with Gasteiger partial charge in [0.05, 0.1) is 6.04 Å². The van der Waals surface area contributed by atoms with Crippen molar-refractivity contribution in [3.8, 4) is 5.75 Å². The summed E-state index contributed by atoms with van der Waals surface area (Å²) in [6.45, 7) is 2.60. The predicted octanol–water partition coefficient (Wildman–Crippen LogP) is 4.11. The summed E-state index contributed by atoms with van der Waals surface area (Å²) in [4.78, 5) is 5.75. The van der Waals surface area contributed by atoms with Crippen LogP contribution in [0.2, 0.25) is 0 Å². The monoisotopic (exact) mass is 413 g/mol. The molecule has 0 saturated carbocycles. The number of aromatic nitrogens is 1. The molecule has 136 valence electrons. The lowest BCUT2D eigenvalue weighted by molar-refractivity contribution is 0.261. The molecule has 1 atom stereocenters.